The van der Waals surface area contributed by atoms with Crippen LogP contribution in [0.15, 0.2) is 65.8 Å². The Morgan fingerprint density at radius 1 is 0.967 bits per heavy atom. The SMILES string of the molecule is CC(=O)Sc1ccc(C#Cc2cc([N+](=O)[O-])c(C#Cc3ccncc3)cc2N)cc1. The van der Waals surface area contributed by atoms with Gasteiger partial charge in [-0.05, 0) is 42.5 Å². The van der Waals surface area contributed by atoms with E-state index in [2.05, 4.69) is 28.7 Å². The average molecular weight is 413 g/mol. The van der Waals surface area contributed by atoms with Crippen LogP contribution >= 0.6 is 11.8 Å². The molecule has 6 nitrogen and oxygen atoms in total. The Bertz CT molecular complexity index is 1230. The summed E-state index contributed by atoms with van der Waals surface area (Å²) in [7, 11) is 0. The van der Waals surface area contributed by atoms with E-state index >= 15 is 0 Å². The van der Waals surface area contributed by atoms with Gasteiger partial charge in [-0.1, -0.05) is 35.4 Å². The van der Waals surface area contributed by atoms with E-state index in [9.17, 15) is 14.9 Å². The van der Waals surface area contributed by atoms with Crippen molar-refractivity contribution in [2.45, 2.75) is 11.8 Å². The van der Waals surface area contributed by atoms with Crippen LogP contribution in [0, 0.1) is 33.8 Å². The molecule has 0 unspecified atom stereocenters. The Balaban J connectivity index is 1.91. The average Bonchev–Trinajstić information content (AvgIpc) is 2.72. The van der Waals surface area contributed by atoms with Crippen LogP contribution in [0.2, 0.25) is 0 Å². The lowest BCUT2D eigenvalue weighted by atomic mass is 10.1. The smallest absolute Gasteiger partial charge is 0.286 e. The predicted octanol–water partition coefficient (Wildman–Crippen LogP) is 4.01. The van der Waals surface area contributed by atoms with Crippen molar-refractivity contribution < 1.29 is 9.72 Å². The molecule has 7 heteroatoms. The Morgan fingerprint density at radius 2 is 1.57 bits per heavy atom. The summed E-state index contributed by atoms with van der Waals surface area (Å²) >= 11 is 1.14. The Morgan fingerprint density at radius 3 is 2.17 bits per heavy atom. The molecule has 0 atom stereocenters. The molecule has 2 aromatic carbocycles. The number of nitrogen functional groups attached to an aromatic ring is 1. The number of hydrogen-bond acceptors (Lipinski definition) is 6. The molecule has 0 saturated carbocycles. The number of carbonyl (C=O) groups is 1. The second kappa shape index (κ2) is 9.42. The summed E-state index contributed by atoms with van der Waals surface area (Å²) in [5.74, 6) is 11.5. The summed E-state index contributed by atoms with van der Waals surface area (Å²) in [6.07, 6.45) is 3.19. The second-order valence-electron chi connectivity index (χ2n) is 6.07. The van der Waals surface area contributed by atoms with Gasteiger partial charge in [-0.25, -0.2) is 0 Å². The van der Waals surface area contributed by atoms with E-state index in [0.717, 1.165) is 16.7 Å². The van der Waals surface area contributed by atoms with Crippen LogP contribution in [-0.4, -0.2) is 15.0 Å². The minimum absolute atomic E-state index is 0.000960. The second-order valence-corrected chi connectivity index (χ2v) is 7.32. The third kappa shape index (κ3) is 5.48. The minimum atomic E-state index is -0.505. The molecule has 146 valence electrons. The number of nitrogens with zero attached hydrogens (tertiary/aromatic N) is 2. The van der Waals surface area contributed by atoms with Crippen LogP contribution in [0.1, 0.15) is 29.2 Å². The van der Waals surface area contributed by atoms with Crippen LogP contribution < -0.4 is 5.73 Å². The number of nitro groups is 1. The van der Waals surface area contributed by atoms with Crippen molar-refractivity contribution in [2.75, 3.05) is 5.73 Å². The van der Waals surface area contributed by atoms with Crippen LogP contribution in [0.5, 0.6) is 0 Å². The van der Waals surface area contributed by atoms with E-state index in [1.54, 1.807) is 48.8 Å². The Hall–Kier alpha value is -4.07. The third-order valence-corrected chi connectivity index (χ3v) is 4.64. The van der Waals surface area contributed by atoms with Gasteiger partial charge in [-0.3, -0.25) is 19.9 Å². The van der Waals surface area contributed by atoms with Gasteiger partial charge in [0.25, 0.3) is 5.69 Å². The number of rotatable bonds is 2. The molecule has 3 aromatic rings. The summed E-state index contributed by atoms with van der Waals surface area (Å²) in [4.78, 5) is 26.9. The molecule has 3 rings (SSSR count). The molecule has 2 N–H and O–H groups in total. The third-order valence-electron chi connectivity index (χ3n) is 3.84. The van der Waals surface area contributed by atoms with Crippen molar-refractivity contribution in [1.29, 1.82) is 0 Å². The lowest BCUT2D eigenvalue weighted by Gasteiger charge is -2.02. The number of carbonyl (C=O) groups excluding carboxylic acids is 1. The van der Waals surface area contributed by atoms with E-state index in [-0.39, 0.29) is 16.4 Å². The zero-order chi connectivity index (χ0) is 21.5. The predicted molar refractivity (Wildman–Crippen MR) is 117 cm³/mol. The van der Waals surface area contributed by atoms with Gasteiger partial charge in [0, 0.05) is 47.1 Å². The number of anilines is 1. The van der Waals surface area contributed by atoms with Gasteiger partial charge in [0.15, 0.2) is 5.12 Å². The van der Waals surface area contributed by atoms with E-state index in [1.807, 2.05) is 0 Å². The first-order valence-electron chi connectivity index (χ1n) is 8.73. The number of hydrogen-bond donors (Lipinski definition) is 1. The fraction of sp³-hybridized carbons (Fsp3) is 0.0435. The lowest BCUT2D eigenvalue weighted by molar-refractivity contribution is -0.385. The molecule has 0 spiro atoms. The maximum absolute atomic E-state index is 11.5. The molecular weight excluding hydrogens is 398 g/mol. The zero-order valence-corrected chi connectivity index (χ0v) is 16.7. The number of benzene rings is 2. The van der Waals surface area contributed by atoms with Crippen LogP contribution in [0.25, 0.3) is 0 Å². The van der Waals surface area contributed by atoms with Crippen molar-refractivity contribution in [3.63, 3.8) is 0 Å². The van der Waals surface area contributed by atoms with E-state index < -0.39 is 4.92 Å². The zero-order valence-electron chi connectivity index (χ0n) is 15.9. The van der Waals surface area contributed by atoms with E-state index in [1.165, 1.54) is 19.1 Å². The topological polar surface area (TPSA) is 99.1 Å². The lowest BCUT2D eigenvalue weighted by Crippen LogP contribution is -1.98. The largest absolute Gasteiger partial charge is 0.398 e. The van der Waals surface area contributed by atoms with E-state index in [0.29, 0.717) is 22.4 Å². The maximum atomic E-state index is 11.5. The highest BCUT2D eigenvalue weighted by atomic mass is 32.2. The number of pyridine rings is 1. The van der Waals surface area contributed by atoms with Crippen LogP contribution in [-0.2, 0) is 4.79 Å². The normalized spacial score (nSPS) is 9.63. The summed E-state index contributed by atoms with van der Waals surface area (Å²) in [6.45, 7) is 1.50. The van der Waals surface area contributed by atoms with Crippen LogP contribution in [0.3, 0.4) is 0 Å². The summed E-state index contributed by atoms with van der Waals surface area (Å²) in [5, 5.41) is 11.5. The molecule has 0 saturated heterocycles. The minimum Gasteiger partial charge on any atom is -0.398 e. The molecule has 0 aliphatic carbocycles. The quantitative estimate of drug-likeness (QED) is 0.224. The Labute approximate surface area is 177 Å². The number of aromatic nitrogens is 1. The van der Waals surface area contributed by atoms with Gasteiger partial charge in [0.05, 0.1) is 10.5 Å². The fourth-order valence-electron chi connectivity index (χ4n) is 2.45. The molecule has 1 heterocycles. The van der Waals surface area contributed by atoms with Crippen molar-refractivity contribution in [2.24, 2.45) is 0 Å². The summed E-state index contributed by atoms with van der Waals surface area (Å²) < 4.78 is 0. The van der Waals surface area contributed by atoms with Crippen molar-refractivity contribution >= 4 is 28.3 Å². The highest BCUT2D eigenvalue weighted by molar-refractivity contribution is 8.13. The van der Waals surface area contributed by atoms with Gasteiger partial charge in [-0.15, -0.1) is 0 Å². The van der Waals surface area contributed by atoms with Gasteiger partial charge in [-0.2, -0.15) is 0 Å². The monoisotopic (exact) mass is 413 g/mol. The first-order chi connectivity index (χ1) is 14.4. The molecule has 0 aliphatic rings. The summed E-state index contributed by atoms with van der Waals surface area (Å²) in [5.41, 5.74) is 8.14. The standard InChI is InChI=1S/C23H15N3O3S/c1-16(27)30-21-8-4-17(5-9-21)2-6-19-15-23(26(28)29)20(14-22(19)24)7-3-18-10-12-25-13-11-18/h4-5,8-15H,24H2,1H3. The van der Waals surface area contributed by atoms with Crippen molar-refractivity contribution in [3.8, 4) is 23.7 Å². The first-order valence-corrected chi connectivity index (χ1v) is 9.54. The number of thioether (sulfide) groups is 1. The highest BCUT2D eigenvalue weighted by Crippen LogP contribution is 2.25. The number of nitrogens with two attached hydrogens (primary N) is 1. The molecule has 0 radical (unpaired) electrons. The van der Waals surface area contributed by atoms with E-state index in [4.69, 9.17) is 5.73 Å². The highest BCUT2D eigenvalue weighted by Gasteiger charge is 2.15. The van der Waals surface area contributed by atoms with Gasteiger partial charge in [0.1, 0.15) is 5.56 Å². The van der Waals surface area contributed by atoms with Gasteiger partial charge in [0.2, 0.25) is 0 Å². The van der Waals surface area contributed by atoms with Crippen molar-refractivity contribution in [1.82, 2.24) is 4.98 Å². The number of nitro benzene ring substituents is 1. The maximum Gasteiger partial charge on any atom is 0.286 e. The molecule has 0 fully saturated rings. The molecule has 30 heavy (non-hydrogen) atoms. The van der Waals surface area contributed by atoms with Crippen LogP contribution in [0.4, 0.5) is 11.4 Å². The molecule has 0 bridgehead atoms. The first kappa shape index (κ1) is 20.7. The molecule has 0 aliphatic heterocycles. The fourth-order valence-corrected chi connectivity index (χ4v) is 3.06. The summed E-state index contributed by atoms with van der Waals surface area (Å²) in [6, 6.07) is 13.3. The molecule has 1 aromatic heterocycles. The molecule has 0 amide bonds. The van der Waals surface area contributed by atoms with Crippen molar-refractivity contribution in [3.05, 3.63) is 93.3 Å². The van der Waals surface area contributed by atoms with Gasteiger partial charge >= 0.3 is 0 Å². The Kier molecular flexibility index (Phi) is 6.49. The molecular formula is C23H15N3O3S. The van der Waals surface area contributed by atoms with Gasteiger partial charge < -0.3 is 5.73 Å².